The second kappa shape index (κ2) is 4.94. The number of carbonyl (C=O) groups is 1. The number of aromatic hydroxyl groups is 1. The zero-order valence-corrected chi connectivity index (χ0v) is 10.3. The first kappa shape index (κ1) is 12.2. The lowest BCUT2D eigenvalue weighted by molar-refractivity contribution is 0.0711. The summed E-state index contributed by atoms with van der Waals surface area (Å²) in [6, 6.07) is 4.44. The van der Waals surface area contributed by atoms with Gasteiger partial charge in [-0.2, -0.15) is 0 Å². The minimum absolute atomic E-state index is 0.0359. The first-order chi connectivity index (χ1) is 8.09. The van der Waals surface area contributed by atoms with E-state index in [4.69, 9.17) is 16.3 Å². The Morgan fingerprint density at radius 2 is 2.35 bits per heavy atom. The third-order valence-electron chi connectivity index (χ3n) is 2.95. The summed E-state index contributed by atoms with van der Waals surface area (Å²) < 4.78 is 5.24. The monoisotopic (exact) mass is 255 g/mol. The molecule has 92 valence electrons. The standard InChI is InChI=1S/C12H14ClNO3/c1-14(8-4-5-17-7-8)12(16)10-6-9(15)2-3-11(10)13/h2-3,6,8,15H,4-5,7H2,1H3. The number of likely N-dealkylation sites (N-methyl/N-ethyl adjacent to an activating group) is 1. The second-order valence-electron chi connectivity index (χ2n) is 4.10. The minimum Gasteiger partial charge on any atom is -0.508 e. The van der Waals surface area contributed by atoms with E-state index in [0.29, 0.717) is 23.8 Å². The van der Waals surface area contributed by atoms with Gasteiger partial charge in [-0.25, -0.2) is 0 Å². The van der Waals surface area contributed by atoms with E-state index in [2.05, 4.69) is 0 Å². The van der Waals surface area contributed by atoms with Crippen LogP contribution in [0.3, 0.4) is 0 Å². The van der Waals surface area contributed by atoms with E-state index in [1.807, 2.05) is 0 Å². The molecular weight excluding hydrogens is 242 g/mol. The summed E-state index contributed by atoms with van der Waals surface area (Å²) >= 11 is 5.95. The number of amides is 1. The van der Waals surface area contributed by atoms with Crippen molar-refractivity contribution in [2.24, 2.45) is 0 Å². The fraction of sp³-hybridized carbons (Fsp3) is 0.417. The van der Waals surface area contributed by atoms with Crippen molar-refractivity contribution in [3.05, 3.63) is 28.8 Å². The zero-order valence-electron chi connectivity index (χ0n) is 9.52. The molecule has 1 atom stereocenters. The van der Waals surface area contributed by atoms with Crippen LogP contribution in [0.15, 0.2) is 18.2 Å². The maximum atomic E-state index is 12.2. The highest BCUT2D eigenvalue weighted by atomic mass is 35.5. The maximum absolute atomic E-state index is 12.2. The summed E-state index contributed by atoms with van der Waals surface area (Å²) in [5.74, 6) is -0.157. The molecule has 1 fully saturated rings. The number of hydrogen-bond acceptors (Lipinski definition) is 3. The normalized spacial score (nSPS) is 19.3. The Balaban J connectivity index is 2.20. The molecule has 1 aliphatic rings. The second-order valence-corrected chi connectivity index (χ2v) is 4.50. The third-order valence-corrected chi connectivity index (χ3v) is 3.28. The Morgan fingerprint density at radius 3 is 3.00 bits per heavy atom. The van der Waals surface area contributed by atoms with Crippen LogP contribution in [-0.4, -0.2) is 42.2 Å². The Hall–Kier alpha value is -1.26. The number of nitrogens with zero attached hydrogens (tertiary/aromatic N) is 1. The molecule has 1 unspecified atom stereocenters. The van der Waals surface area contributed by atoms with Crippen LogP contribution in [0.5, 0.6) is 5.75 Å². The van der Waals surface area contributed by atoms with Crippen molar-refractivity contribution >= 4 is 17.5 Å². The Bertz CT molecular complexity index is 430. The van der Waals surface area contributed by atoms with Gasteiger partial charge in [0.25, 0.3) is 5.91 Å². The van der Waals surface area contributed by atoms with Crippen LogP contribution in [-0.2, 0) is 4.74 Å². The quantitative estimate of drug-likeness (QED) is 0.878. The van der Waals surface area contributed by atoms with Crippen molar-refractivity contribution in [3.8, 4) is 5.75 Å². The average Bonchev–Trinajstić information content (AvgIpc) is 2.84. The first-order valence-corrected chi connectivity index (χ1v) is 5.81. The number of benzene rings is 1. The summed E-state index contributed by atoms with van der Waals surface area (Å²) in [4.78, 5) is 13.8. The predicted molar refractivity (Wildman–Crippen MR) is 64.4 cm³/mol. The number of phenols is 1. The SMILES string of the molecule is CN(C(=O)c1cc(O)ccc1Cl)C1CCOC1. The smallest absolute Gasteiger partial charge is 0.255 e. The predicted octanol–water partition coefficient (Wildman–Crippen LogP) is 1.91. The number of phenolic OH excluding ortho intramolecular Hbond substituents is 1. The van der Waals surface area contributed by atoms with Gasteiger partial charge in [0.05, 0.1) is 23.2 Å². The summed E-state index contributed by atoms with van der Waals surface area (Å²) in [5, 5.41) is 9.73. The van der Waals surface area contributed by atoms with Crippen LogP contribution in [0.25, 0.3) is 0 Å². The summed E-state index contributed by atoms with van der Waals surface area (Å²) in [7, 11) is 1.72. The molecule has 0 bridgehead atoms. The van der Waals surface area contributed by atoms with Gasteiger partial charge >= 0.3 is 0 Å². The highest BCUT2D eigenvalue weighted by Gasteiger charge is 2.26. The van der Waals surface area contributed by atoms with Crippen LogP contribution < -0.4 is 0 Å². The highest BCUT2D eigenvalue weighted by molar-refractivity contribution is 6.33. The van der Waals surface area contributed by atoms with Gasteiger partial charge in [-0.3, -0.25) is 4.79 Å². The van der Waals surface area contributed by atoms with Gasteiger partial charge < -0.3 is 14.7 Å². The lowest BCUT2D eigenvalue weighted by Crippen LogP contribution is -2.37. The molecule has 1 amide bonds. The Labute approximate surface area is 105 Å². The summed E-state index contributed by atoms with van der Waals surface area (Å²) in [6.07, 6.45) is 0.832. The van der Waals surface area contributed by atoms with E-state index in [9.17, 15) is 9.90 Å². The van der Waals surface area contributed by atoms with Crippen LogP contribution in [0.4, 0.5) is 0 Å². The van der Waals surface area contributed by atoms with Crippen molar-refractivity contribution in [1.29, 1.82) is 0 Å². The largest absolute Gasteiger partial charge is 0.508 e. The van der Waals surface area contributed by atoms with E-state index in [0.717, 1.165) is 6.42 Å². The molecule has 0 spiro atoms. The van der Waals surface area contributed by atoms with Gasteiger partial charge in [0, 0.05) is 13.7 Å². The lowest BCUT2D eigenvalue weighted by atomic mass is 10.1. The number of carbonyl (C=O) groups excluding carboxylic acids is 1. The van der Waals surface area contributed by atoms with Gasteiger partial charge in [0.1, 0.15) is 5.75 Å². The van der Waals surface area contributed by atoms with Crippen molar-refractivity contribution in [2.75, 3.05) is 20.3 Å². The number of rotatable bonds is 2. The fourth-order valence-electron chi connectivity index (χ4n) is 1.86. The highest BCUT2D eigenvalue weighted by Crippen LogP contribution is 2.24. The fourth-order valence-corrected chi connectivity index (χ4v) is 2.06. The molecule has 5 heteroatoms. The minimum atomic E-state index is -0.193. The Morgan fingerprint density at radius 1 is 1.59 bits per heavy atom. The molecule has 1 aliphatic heterocycles. The molecule has 0 saturated carbocycles. The van der Waals surface area contributed by atoms with Crippen molar-refractivity contribution < 1.29 is 14.6 Å². The van der Waals surface area contributed by atoms with Crippen LogP contribution in [0, 0.1) is 0 Å². The topological polar surface area (TPSA) is 49.8 Å². The van der Waals surface area contributed by atoms with Crippen LogP contribution >= 0.6 is 11.6 Å². The maximum Gasteiger partial charge on any atom is 0.255 e. The van der Waals surface area contributed by atoms with Crippen molar-refractivity contribution in [2.45, 2.75) is 12.5 Å². The van der Waals surface area contributed by atoms with Crippen molar-refractivity contribution in [1.82, 2.24) is 4.90 Å². The third kappa shape index (κ3) is 2.53. The average molecular weight is 256 g/mol. The molecule has 1 heterocycles. The first-order valence-electron chi connectivity index (χ1n) is 5.43. The molecule has 0 aliphatic carbocycles. The summed E-state index contributed by atoms with van der Waals surface area (Å²) in [6.45, 7) is 1.23. The van der Waals surface area contributed by atoms with Gasteiger partial charge in [-0.05, 0) is 24.6 Å². The van der Waals surface area contributed by atoms with Crippen molar-refractivity contribution in [3.63, 3.8) is 0 Å². The molecule has 0 radical (unpaired) electrons. The van der Waals surface area contributed by atoms with E-state index in [1.54, 1.807) is 11.9 Å². The number of ether oxygens (including phenoxy) is 1. The van der Waals surface area contributed by atoms with Gasteiger partial charge in [0.15, 0.2) is 0 Å². The van der Waals surface area contributed by atoms with E-state index < -0.39 is 0 Å². The van der Waals surface area contributed by atoms with Gasteiger partial charge in [-0.1, -0.05) is 11.6 Å². The van der Waals surface area contributed by atoms with Gasteiger partial charge in [-0.15, -0.1) is 0 Å². The molecule has 4 nitrogen and oxygen atoms in total. The molecular formula is C12H14ClNO3. The Kier molecular flexibility index (Phi) is 3.54. The molecule has 1 N–H and O–H groups in total. The van der Waals surface area contributed by atoms with Crippen LogP contribution in [0.2, 0.25) is 5.02 Å². The number of halogens is 1. The van der Waals surface area contributed by atoms with E-state index in [1.165, 1.54) is 18.2 Å². The molecule has 2 rings (SSSR count). The molecule has 0 aromatic heterocycles. The zero-order chi connectivity index (χ0) is 12.4. The van der Waals surface area contributed by atoms with Gasteiger partial charge in [0.2, 0.25) is 0 Å². The van der Waals surface area contributed by atoms with E-state index >= 15 is 0 Å². The summed E-state index contributed by atoms with van der Waals surface area (Å²) in [5.41, 5.74) is 0.320. The molecule has 1 aromatic carbocycles. The molecule has 17 heavy (non-hydrogen) atoms. The molecule has 1 saturated heterocycles. The number of hydrogen-bond donors (Lipinski definition) is 1. The van der Waals surface area contributed by atoms with E-state index in [-0.39, 0.29) is 17.7 Å². The van der Waals surface area contributed by atoms with Crippen LogP contribution in [0.1, 0.15) is 16.8 Å². The lowest BCUT2D eigenvalue weighted by Gasteiger charge is -2.23. The molecule has 1 aromatic rings.